The van der Waals surface area contributed by atoms with Gasteiger partial charge in [-0.3, -0.25) is 9.59 Å². The molecule has 1 fully saturated rings. The molecule has 0 bridgehead atoms. The molecule has 1 aliphatic rings. The molecule has 20 heavy (non-hydrogen) atoms. The normalized spacial score (nSPS) is 16.1. The summed E-state index contributed by atoms with van der Waals surface area (Å²) in [5.74, 6) is -0.881. The van der Waals surface area contributed by atoms with Gasteiger partial charge in [0, 0.05) is 7.05 Å². The van der Waals surface area contributed by atoms with Crippen LogP contribution in [0.5, 0.6) is 0 Å². The predicted octanol–water partition coefficient (Wildman–Crippen LogP) is 1.88. The number of amides is 1. The van der Waals surface area contributed by atoms with Gasteiger partial charge in [-0.1, -0.05) is 18.6 Å². The summed E-state index contributed by atoms with van der Waals surface area (Å²) in [7, 11) is 2.88. The second-order valence-electron chi connectivity index (χ2n) is 5.18. The quantitative estimate of drug-likeness (QED) is 0.791. The van der Waals surface area contributed by atoms with Gasteiger partial charge in [-0.15, -0.1) is 0 Å². The van der Waals surface area contributed by atoms with Crippen molar-refractivity contribution in [2.75, 3.05) is 20.7 Å². The van der Waals surface area contributed by atoms with Crippen molar-refractivity contribution in [3.05, 3.63) is 35.6 Å². The Morgan fingerprint density at radius 2 is 1.90 bits per heavy atom. The van der Waals surface area contributed by atoms with Gasteiger partial charge in [-0.25, -0.2) is 4.39 Å². The van der Waals surface area contributed by atoms with E-state index in [1.54, 1.807) is 19.2 Å². The lowest BCUT2D eigenvalue weighted by Gasteiger charge is -2.43. The molecular formula is C15H18FNO3. The summed E-state index contributed by atoms with van der Waals surface area (Å²) in [6, 6.07) is 6.03. The van der Waals surface area contributed by atoms with Gasteiger partial charge in [-0.2, -0.15) is 0 Å². The Morgan fingerprint density at radius 3 is 2.35 bits per heavy atom. The average Bonchev–Trinajstić information content (AvgIpc) is 2.39. The number of halogens is 1. The first-order valence-corrected chi connectivity index (χ1v) is 6.58. The highest BCUT2D eigenvalue weighted by Crippen LogP contribution is 2.45. The van der Waals surface area contributed by atoms with Crippen molar-refractivity contribution in [1.82, 2.24) is 4.90 Å². The monoisotopic (exact) mass is 279 g/mol. The summed E-state index contributed by atoms with van der Waals surface area (Å²) in [6.07, 6.45) is 2.40. The van der Waals surface area contributed by atoms with Crippen LogP contribution in [0, 0.1) is 5.82 Å². The van der Waals surface area contributed by atoms with Crippen molar-refractivity contribution in [1.29, 1.82) is 0 Å². The molecule has 1 amide bonds. The molecule has 4 nitrogen and oxygen atoms in total. The molecule has 0 saturated heterocycles. The van der Waals surface area contributed by atoms with Crippen LogP contribution in [-0.2, 0) is 19.7 Å². The fourth-order valence-electron chi connectivity index (χ4n) is 2.62. The lowest BCUT2D eigenvalue weighted by atomic mass is 9.63. The summed E-state index contributed by atoms with van der Waals surface area (Å²) in [6.45, 7) is -0.0712. The van der Waals surface area contributed by atoms with E-state index in [9.17, 15) is 14.0 Å². The Bertz CT molecular complexity index is 508. The van der Waals surface area contributed by atoms with E-state index in [4.69, 9.17) is 0 Å². The molecule has 5 heteroatoms. The van der Waals surface area contributed by atoms with Crippen LogP contribution >= 0.6 is 0 Å². The second-order valence-corrected chi connectivity index (χ2v) is 5.18. The lowest BCUT2D eigenvalue weighted by Crippen LogP contribution is -2.51. The number of ether oxygens (including phenoxy) is 1. The van der Waals surface area contributed by atoms with E-state index in [2.05, 4.69) is 4.74 Å². The van der Waals surface area contributed by atoms with Gasteiger partial charge in [0.1, 0.15) is 12.4 Å². The van der Waals surface area contributed by atoms with Gasteiger partial charge in [0.05, 0.1) is 12.5 Å². The van der Waals surface area contributed by atoms with Gasteiger partial charge < -0.3 is 9.64 Å². The van der Waals surface area contributed by atoms with Gasteiger partial charge in [0.2, 0.25) is 5.91 Å². The molecule has 0 aliphatic heterocycles. The first-order valence-electron chi connectivity index (χ1n) is 6.58. The Kier molecular flexibility index (Phi) is 4.06. The molecule has 0 N–H and O–H groups in total. The molecule has 108 valence electrons. The molecule has 1 aromatic rings. The van der Waals surface area contributed by atoms with Gasteiger partial charge in [-0.05, 0) is 30.5 Å². The standard InChI is InChI=1S/C15H18FNO3/c1-17(10-13(18)20-2)14(19)15(8-3-9-15)11-4-6-12(16)7-5-11/h4-7H,3,8-10H2,1-2H3. The highest BCUT2D eigenvalue weighted by Gasteiger charge is 2.47. The minimum Gasteiger partial charge on any atom is -0.468 e. The van der Waals surface area contributed by atoms with E-state index in [1.165, 1.54) is 24.1 Å². The van der Waals surface area contributed by atoms with Gasteiger partial charge >= 0.3 is 5.97 Å². The maximum absolute atomic E-state index is 13.0. The number of carbonyl (C=O) groups is 2. The highest BCUT2D eigenvalue weighted by atomic mass is 19.1. The van der Waals surface area contributed by atoms with Crippen LogP contribution < -0.4 is 0 Å². The molecule has 0 spiro atoms. The summed E-state index contributed by atoms with van der Waals surface area (Å²) in [4.78, 5) is 25.3. The SMILES string of the molecule is COC(=O)CN(C)C(=O)C1(c2ccc(F)cc2)CCC1. The number of methoxy groups -OCH3 is 1. The molecule has 1 saturated carbocycles. The molecule has 0 unspecified atom stereocenters. The first kappa shape index (κ1) is 14.5. The summed E-state index contributed by atoms with van der Waals surface area (Å²) in [5.41, 5.74) is 0.197. The third-order valence-electron chi connectivity index (χ3n) is 3.95. The molecule has 1 aromatic carbocycles. The van der Waals surface area contributed by atoms with Crippen LogP contribution in [0.2, 0.25) is 0 Å². The van der Waals surface area contributed by atoms with E-state index in [0.29, 0.717) is 0 Å². The Labute approximate surface area is 117 Å². The van der Waals surface area contributed by atoms with Crippen LogP contribution in [0.1, 0.15) is 24.8 Å². The van der Waals surface area contributed by atoms with Crippen molar-refractivity contribution in [2.24, 2.45) is 0 Å². The summed E-state index contributed by atoms with van der Waals surface area (Å²) < 4.78 is 17.6. The molecule has 2 rings (SSSR count). The molecule has 0 aromatic heterocycles. The fraction of sp³-hybridized carbons (Fsp3) is 0.467. The molecule has 0 heterocycles. The zero-order valence-corrected chi connectivity index (χ0v) is 11.7. The zero-order chi connectivity index (χ0) is 14.8. The number of rotatable bonds is 4. The lowest BCUT2D eigenvalue weighted by molar-refractivity contribution is -0.149. The van der Waals surface area contributed by atoms with Crippen molar-refractivity contribution < 1.29 is 18.7 Å². The molecule has 0 radical (unpaired) electrons. The largest absolute Gasteiger partial charge is 0.468 e. The second kappa shape index (κ2) is 5.61. The Hall–Kier alpha value is -1.91. The third-order valence-corrected chi connectivity index (χ3v) is 3.95. The van der Waals surface area contributed by atoms with Crippen molar-refractivity contribution in [2.45, 2.75) is 24.7 Å². The van der Waals surface area contributed by atoms with Crippen molar-refractivity contribution >= 4 is 11.9 Å². The van der Waals surface area contributed by atoms with Crippen LogP contribution in [0.15, 0.2) is 24.3 Å². The number of likely N-dealkylation sites (N-methyl/N-ethyl adjacent to an activating group) is 1. The van der Waals surface area contributed by atoms with E-state index in [-0.39, 0.29) is 18.3 Å². The fourth-order valence-corrected chi connectivity index (χ4v) is 2.62. The summed E-state index contributed by atoms with van der Waals surface area (Å²) in [5, 5.41) is 0. The van der Waals surface area contributed by atoms with E-state index < -0.39 is 11.4 Å². The van der Waals surface area contributed by atoms with E-state index >= 15 is 0 Å². The first-order chi connectivity index (χ1) is 9.49. The maximum atomic E-state index is 13.0. The van der Waals surface area contributed by atoms with Crippen LogP contribution in [0.3, 0.4) is 0 Å². The smallest absolute Gasteiger partial charge is 0.325 e. The predicted molar refractivity (Wildman–Crippen MR) is 71.6 cm³/mol. The van der Waals surface area contributed by atoms with Crippen LogP contribution in [-0.4, -0.2) is 37.5 Å². The minimum atomic E-state index is -0.615. The average molecular weight is 279 g/mol. The topological polar surface area (TPSA) is 46.6 Å². The van der Waals surface area contributed by atoms with Crippen molar-refractivity contribution in [3.8, 4) is 0 Å². The maximum Gasteiger partial charge on any atom is 0.325 e. The Balaban J connectivity index is 2.20. The number of carbonyl (C=O) groups excluding carboxylic acids is 2. The van der Waals surface area contributed by atoms with E-state index in [1.807, 2.05) is 0 Å². The number of esters is 1. The third kappa shape index (κ3) is 2.53. The number of benzene rings is 1. The summed E-state index contributed by atoms with van der Waals surface area (Å²) >= 11 is 0. The van der Waals surface area contributed by atoms with Gasteiger partial charge in [0.25, 0.3) is 0 Å². The number of hydrogen-bond donors (Lipinski definition) is 0. The molecule has 1 aliphatic carbocycles. The zero-order valence-electron chi connectivity index (χ0n) is 11.7. The highest BCUT2D eigenvalue weighted by molar-refractivity contribution is 5.91. The minimum absolute atomic E-state index is 0.0712. The Morgan fingerprint density at radius 1 is 1.30 bits per heavy atom. The number of hydrogen-bond acceptors (Lipinski definition) is 3. The van der Waals surface area contributed by atoms with Gasteiger partial charge in [0.15, 0.2) is 0 Å². The number of nitrogens with zero attached hydrogens (tertiary/aromatic N) is 1. The molecule has 0 atom stereocenters. The van der Waals surface area contributed by atoms with Crippen LogP contribution in [0.25, 0.3) is 0 Å². The molecular weight excluding hydrogens is 261 g/mol. The van der Waals surface area contributed by atoms with Crippen LogP contribution in [0.4, 0.5) is 4.39 Å². The van der Waals surface area contributed by atoms with Crippen molar-refractivity contribution in [3.63, 3.8) is 0 Å². The van der Waals surface area contributed by atoms with E-state index in [0.717, 1.165) is 24.8 Å².